The molecule has 0 radical (unpaired) electrons. The van der Waals surface area contributed by atoms with Crippen LogP contribution in [0.3, 0.4) is 0 Å². The number of fused-ring (bicyclic) bond motifs is 4. The van der Waals surface area contributed by atoms with Gasteiger partial charge in [-0.3, -0.25) is 0 Å². The van der Waals surface area contributed by atoms with Gasteiger partial charge in [0.1, 0.15) is 0 Å². The van der Waals surface area contributed by atoms with Crippen molar-refractivity contribution in [3.05, 3.63) is 0 Å². The molecular weight excluding hydrogens is 162 g/mol. The van der Waals surface area contributed by atoms with Crippen molar-refractivity contribution in [2.24, 2.45) is 23.7 Å². The molecule has 1 saturated carbocycles. The predicted molar refractivity (Wildman–Crippen MR) is 44.9 cm³/mol. The van der Waals surface area contributed by atoms with E-state index in [-0.39, 0.29) is 12.4 Å². The molecule has 2 nitrogen and oxygen atoms in total. The predicted octanol–water partition coefficient (Wildman–Crippen LogP) is 0.520. The van der Waals surface area contributed by atoms with Gasteiger partial charge in [0.15, 0.2) is 0 Å². The van der Waals surface area contributed by atoms with E-state index >= 15 is 0 Å². The summed E-state index contributed by atoms with van der Waals surface area (Å²) in [4.78, 5) is 0. The third-order valence-corrected chi connectivity index (χ3v) is 3.58. The Kier molecular flexibility index (Phi) is 1.86. The van der Waals surface area contributed by atoms with Crippen LogP contribution >= 0.6 is 12.4 Å². The second-order valence-corrected chi connectivity index (χ2v) is 3.85. The van der Waals surface area contributed by atoms with Crippen LogP contribution in [0.1, 0.15) is 0 Å². The molecule has 2 aliphatic heterocycles. The quantitative estimate of drug-likeness (QED) is 0.580. The summed E-state index contributed by atoms with van der Waals surface area (Å²) in [5, 5.41) is 3.46. The summed E-state index contributed by atoms with van der Waals surface area (Å²) < 4.78 is 5.44. The van der Waals surface area contributed by atoms with Crippen molar-refractivity contribution >= 4 is 12.4 Å². The summed E-state index contributed by atoms with van der Waals surface area (Å²) in [6.07, 6.45) is 0. The van der Waals surface area contributed by atoms with Crippen LogP contribution in [0, 0.1) is 23.7 Å². The molecular formula is C8H14ClNO. The molecule has 1 N–H and O–H groups in total. The molecule has 4 atom stereocenters. The lowest BCUT2D eigenvalue weighted by molar-refractivity contribution is 0.0629. The topological polar surface area (TPSA) is 21.3 Å². The van der Waals surface area contributed by atoms with Gasteiger partial charge in [0.25, 0.3) is 0 Å². The minimum absolute atomic E-state index is 0. The van der Waals surface area contributed by atoms with E-state index < -0.39 is 0 Å². The Bertz CT molecular complexity index is 122. The van der Waals surface area contributed by atoms with Crippen molar-refractivity contribution in [3.63, 3.8) is 0 Å². The Hall–Kier alpha value is 0.210. The van der Waals surface area contributed by atoms with Crippen LogP contribution in [0.2, 0.25) is 0 Å². The van der Waals surface area contributed by atoms with E-state index in [0.29, 0.717) is 0 Å². The zero-order valence-electron chi connectivity index (χ0n) is 6.45. The van der Waals surface area contributed by atoms with E-state index in [1.807, 2.05) is 0 Å². The molecule has 1 aliphatic carbocycles. The first-order chi connectivity index (χ1) is 4.97. The van der Waals surface area contributed by atoms with E-state index in [4.69, 9.17) is 4.74 Å². The van der Waals surface area contributed by atoms with Crippen molar-refractivity contribution in [1.29, 1.82) is 0 Å². The van der Waals surface area contributed by atoms with Crippen molar-refractivity contribution in [2.75, 3.05) is 26.3 Å². The molecule has 64 valence electrons. The minimum atomic E-state index is 0. The van der Waals surface area contributed by atoms with Gasteiger partial charge < -0.3 is 10.1 Å². The monoisotopic (exact) mass is 175 g/mol. The second-order valence-electron chi connectivity index (χ2n) is 3.85. The SMILES string of the molecule is C1NCC2C1C1COCC21.Cl. The third-order valence-electron chi connectivity index (χ3n) is 3.58. The maximum Gasteiger partial charge on any atom is 0.0501 e. The lowest BCUT2D eigenvalue weighted by Crippen LogP contribution is -2.44. The summed E-state index contributed by atoms with van der Waals surface area (Å²) in [5.74, 6) is 3.82. The Morgan fingerprint density at radius 2 is 1.45 bits per heavy atom. The normalized spacial score (nSPS) is 52.4. The lowest BCUT2D eigenvalue weighted by Gasteiger charge is -2.42. The van der Waals surface area contributed by atoms with E-state index in [1.54, 1.807) is 0 Å². The summed E-state index contributed by atoms with van der Waals surface area (Å²) in [7, 11) is 0. The number of rotatable bonds is 0. The number of nitrogens with one attached hydrogen (secondary N) is 1. The highest BCUT2D eigenvalue weighted by atomic mass is 35.5. The Morgan fingerprint density at radius 3 is 2.00 bits per heavy atom. The fraction of sp³-hybridized carbons (Fsp3) is 1.00. The van der Waals surface area contributed by atoms with Crippen LogP contribution in [0.5, 0.6) is 0 Å². The van der Waals surface area contributed by atoms with Gasteiger partial charge >= 0.3 is 0 Å². The average Bonchev–Trinajstić information content (AvgIpc) is 2.42. The maximum absolute atomic E-state index is 5.44. The first kappa shape index (κ1) is 7.84. The summed E-state index contributed by atoms with van der Waals surface area (Å²) in [6.45, 7) is 4.62. The van der Waals surface area contributed by atoms with Crippen molar-refractivity contribution in [2.45, 2.75) is 0 Å². The Balaban J connectivity index is 0.000000480. The van der Waals surface area contributed by atoms with Gasteiger partial charge in [-0.2, -0.15) is 0 Å². The average molecular weight is 176 g/mol. The molecule has 4 unspecified atom stereocenters. The molecule has 0 spiro atoms. The van der Waals surface area contributed by atoms with Crippen LogP contribution in [-0.2, 0) is 4.74 Å². The zero-order chi connectivity index (χ0) is 6.55. The third kappa shape index (κ3) is 0.865. The van der Waals surface area contributed by atoms with Gasteiger partial charge in [0.05, 0.1) is 13.2 Å². The molecule has 3 aliphatic rings. The van der Waals surface area contributed by atoms with Crippen LogP contribution in [0.4, 0.5) is 0 Å². The van der Waals surface area contributed by atoms with Gasteiger partial charge in [-0.05, 0) is 36.8 Å². The van der Waals surface area contributed by atoms with Crippen LogP contribution in [-0.4, -0.2) is 26.3 Å². The Labute approximate surface area is 73.1 Å². The molecule has 0 bridgehead atoms. The standard InChI is InChI=1S/C8H13NO.ClH/c1-5-6(2-9-1)8-4-10-3-7(5)8;/h5-9H,1-4H2;1H. The van der Waals surface area contributed by atoms with E-state index in [2.05, 4.69) is 5.32 Å². The fourth-order valence-electron chi connectivity index (χ4n) is 2.98. The number of halogens is 1. The molecule has 3 rings (SSSR count). The smallest absolute Gasteiger partial charge is 0.0501 e. The molecule has 2 saturated heterocycles. The fourth-order valence-corrected chi connectivity index (χ4v) is 2.98. The first-order valence-corrected chi connectivity index (χ1v) is 4.25. The highest BCUT2D eigenvalue weighted by molar-refractivity contribution is 5.85. The first-order valence-electron chi connectivity index (χ1n) is 4.25. The molecule has 3 heteroatoms. The second kappa shape index (κ2) is 2.61. The van der Waals surface area contributed by atoms with Crippen molar-refractivity contribution < 1.29 is 4.74 Å². The van der Waals surface area contributed by atoms with Gasteiger partial charge in [-0.1, -0.05) is 0 Å². The van der Waals surface area contributed by atoms with Crippen molar-refractivity contribution in [1.82, 2.24) is 5.32 Å². The molecule has 2 heterocycles. The highest BCUT2D eigenvalue weighted by Crippen LogP contribution is 2.51. The number of hydrogen-bond acceptors (Lipinski definition) is 2. The lowest BCUT2D eigenvalue weighted by atomic mass is 9.60. The van der Waals surface area contributed by atoms with E-state index in [9.17, 15) is 0 Å². The summed E-state index contributed by atoms with van der Waals surface area (Å²) >= 11 is 0. The summed E-state index contributed by atoms with van der Waals surface area (Å²) in [6, 6.07) is 0. The molecule has 0 aromatic rings. The highest BCUT2D eigenvalue weighted by Gasteiger charge is 2.54. The number of ether oxygens (including phenoxy) is 1. The van der Waals surface area contributed by atoms with Crippen molar-refractivity contribution in [3.8, 4) is 0 Å². The molecule has 11 heavy (non-hydrogen) atoms. The van der Waals surface area contributed by atoms with Gasteiger partial charge in [0, 0.05) is 0 Å². The molecule has 0 aromatic heterocycles. The van der Waals surface area contributed by atoms with E-state index in [1.165, 1.54) is 13.1 Å². The van der Waals surface area contributed by atoms with Gasteiger partial charge in [-0.25, -0.2) is 0 Å². The molecule has 0 aromatic carbocycles. The molecule has 0 amide bonds. The van der Waals surface area contributed by atoms with E-state index in [0.717, 1.165) is 36.9 Å². The van der Waals surface area contributed by atoms with Crippen LogP contribution < -0.4 is 5.32 Å². The zero-order valence-corrected chi connectivity index (χ0v) is 7.27. The van der Waals surface area contributed by atoms with Gasteiger partial charge in [0.2, 0.25) is 0 Å². The Morgan fingerprint density at radius 1 is 0.909 bits per heavy atom. The molecule has 3 fully saturated rings. The summed E-state index contributed by atoms with van der Waals surface area (Å²) in [5.41, 5.74) is 0. The maximum atomic E-state index is 5.44. The van der Waals surface area contributed by atoms with Crippen LogP contribution in [0.25, 0.3) is 0 Å². The van der Waals surface area contributed by atoms with Crippen LogP contribution in [0.15, 0.2) is 0 Å². The minimum Gasteiger partial charge on any atom is -0.381 e. The van der Waals surface area contributed by atoms with Gasteiger partial charge in [-0.15, -0.1) is 12.4 Å². The number of hydrogen-bond donors (Lipinski definition) is 1. The largest absolute Gasteiger partial charge is 0.381 e.